The molecule has 0 spiro atoms. The van der Waals surface area contributed by atoms with E-state index in [9.17, 15) is 10.2 Å². The van der Waals surface area contributed by atoms with Crippen LogP contribution in [0.4, 0.5) is 0 Å². The van der Waals surface area contributed by atoms with Crippen LogP contribution < -0.4 is 20.9 Å². The van der Waals surface area contributed by atoms with E-state index in [0.29, 0.717) is 23.4 Å². The number of aromatic hydroxyl groups is 2. The van der Waals surface area contributed by atoms with Crippen molar-refractivity contribution in [1.29, 1.82) is 0 Å². The fourth-order valence-corrected chi connectivity index (χ4v) is 3.34. The van der Waals surface area contributed by atoms with E-state index in [1.807, 2.05) is 18.2 Å². The third-order valence-corrected chi connectivity index (χ3v) is 4.81. The van der Waals surface area contributed by atoms with Crippen LogP contribution >= 0.6 is 0 Å². The highest BCUT2D eigenvalue weighted by atomic mass is 16.7. The van der Waals surface area contributed by atoms with Gasteiger partial charge >= 0.3 is 5.79 Å². The van der Waals surface area contributed by atoms with Gasteiger partial charge in [0, 0.05) is 23.0 Å². The molecule has 0 aromatic heterocycles. The Labute approximate surface area is 174 Å². The molecule has 30 heavy (non-hydrogen) atoms. The van der Waals surface area contributed by atoms with Crippen molar-refractivity contribution in [2.45, 2.75) is 12.2 Å². The van der Waals surface area contributed by atoms with Crippen LogP contribution in [0.1, 0.15) is 6.42 Å². The van der Waals surface area contributed by atoms with Crippen LogP contribution in [0, 0.1) is 0 Å². The summed E-state index contributed by atoms with van der Waals surface area (Å²) >= 11 is 0. The number of phenols is 2. The summed E-state index contributed by atoms with van der Waals surface area (Å²) in [5.74, 6) is -1.21. The van der Waals surface area contributed by atoms with Crippen LogP contribution in [-0.4, -0.2) is 16.0 Å². The second-order valence-corrected chi connectivity index (χ2v) is 6.97. The molecule has 6 heteroatoms. The molecule has 0 radical (unpaired) electrons. The highest BCUT2D eigenvalue weighted by Gasteiger charge is 2.41. The molecule has 0 aliphatic heterocycles. The Bertz CT molecular complexity index is 1080. The van der Waals surface area contributed by atoms with Gasteiger partial charge in [0.05, 0.1) is 0 Å². The van der Waals surface area contributed by atoms with Gasteiger partial charge in [-0.1, -0.05) is 36.4 Å². The zero-order chi connectivity index (χ0) is 21.1. The third-order valence-electron chi connectivity index (χ3n) is 4.81. The molecule has 0 saturated heterocycles. The minimum Gasteiger partial charge on any atom is -0.504 e. The van der Waals surface area contributed by atoms with Gasteiger partial charge < -0.3 is 31.2 Å². The van der Waals surface area contributed by atoms with Crippen LogP contribution in [0.3, 0.4) is 0 Å². The van der Waals surface area contributed by atoms with Gasteiger partial charge in [-0.2, -0.15) is 0 Å². The van der Waals surface area contributed by atoms with Crippen molar-refractivity contribution in [2.24, 2.45) is 11.5 Å². The number of hydrogen-bond donors (Lipinski definition) is 4. The largest absolute Gasteiger partial charge is 0.504 e. The first-order chi connectivity index (χ1) is 14.5. The van der Waals surface area contributed by atoms with Crippen molar-refractivity contribution in [3.63, 3.8) is 0 Å². The Hall–Kier alpha value is -4.06. The van der Waals surface area contributed by atoms with Crippen LogP contribution in [0.25, 0.3) is 0 Å². The summed E-state index contributed by atoms with van der Waals surface area (Å²) in [4.78, 5) is 0. The van der Waals surface area contributed by atoms with Gasteiger partial charge in [0.1, 0.15) is 0 Å². The Kier molecular flexibility index (Phi) is 4.98. The number of allylic oxidation sites excluding steroid dienone is 5. The molecule has 2 aromatic carbocycles. The van der Waals surface area contributed by atoms with Gasteiger partial charge in [-0.25, -0.2) is 0 Å². The van der Waals surface area contributed by atoms with E-state index in [2.05, 4.69) is 0 Å². The van der Waals surface area contributed by atoms with Crippen molar-refractivity contribution >= 4 is 0 Å². The molecule has 0 bridgehead atoms. The highest BCUT2D eigenvalue weighted by molar-refractivity contribution is 5.53. The maximum absolute atomic E-state index is 10.3. The van der Waals surface area contributed by atoms with Crippen LogP contribution in [-0.2, 0) is 0 Å². The number of para-hydroxylation sites is 4. The topological polar surface area (TPSA) is 111 Å². The van der Waals surface area contributed by atoms with Gasteiger partial charge in [0.25, 0.3) is 0 Å². The quantitative estimate of drug-likeness (QED) is 0.580. The van der Waals surface area contributed by atoms with E-state index in [1.165, 1.54) is 12.1 Å². The molecule has 6 nitrogen and oxygen atoms in total. The van der Waals surface area contributed by atoms with E-state index in [-0.39, 0.29) is 23.0 Å². The van der Waals surface area contributed by atoms with E-state index in [1.54, 1.807) is 54.6 Å². The summed E-state index contributed by atoms with van der Waals surface area (Å²) in [7, 11) is 0. The van der Waals surface area contributed by atoms with E-state index in [0.717, 1.165) is 5.57 Å². The summed E-state index contributed by atoms with van der Waals surface area (Å²) in [6.45, 7) is 0. The van der Waals surface area contributed by atoms with Crippen LogP contribution in [0.5, 0.6) is 23.0 Å². The zero-order valence-electron chi connectivity index (χ0n) is 16.2. The number of benzene rings is 2. The number of rotatable bonds is 4. The number of nitrogens with two attached hydrogens (primary N) is 2. The molecule has 0 fully saturated rings. The summed E-state index contributed by atoms with van der Waals surface area (Å²) in [5.41, 5.74) is 14.7. The van der Waals surface area contributed by atoms with Crippen molar-refractivity contribution in [1.82, 2.24) is 0 Å². The molecule has 0 amide bonds. The molecule has 2 aliphatic carbocycles. The Morgan fingerprint density at radius 1 is 0.733 bits per heavy atom. The predicted octanol–water partition coefficient (Wildman–Crippen LogP) is 3.76. The maximum Gasteiger partial charge on any atom is 0.301 e. The summed E-state index contributed by atoms with van der Waals surface area (Å²) in [6, 6.07) is 13.2. The Morgan fingerprint density at radius 3 is 1.83 bits per heavy atom. The molecule has 6 N–H and O–H groups in total. The van der Waals surface area contributed by atoms with E-state index < -0.39 is 5.79 Å². The predicted molar refractivity (Wildman–Crippen MR) is 115 cm³/mol. The summed E-state index contributed by atoms with van der Waals surface area (Å²) in [5, 5.41) is 20.6. The van der Waals surface area contributed by atoms with Gasteiger partial charge in [-0.3, -0.25) is 0 Å². The minimum absolute atomic E-state index is 0.0491. The second kappa shape index (κ2) is 7.75. The first-order valence-electron chi connectivity index (χ1n) is 9.44. The molecule has 152 valence electrons. The molecule has 0 unspecified atom stereocenters. The smallest absolute Gasteiger partial charge is 0.301 e. The lowest BCUT2D eigenvalue weighted by molar-refractivity contribution is -0.0400. The SMILES string of the molecule is NC1=CCC(=C2C=CC(N)=CC2(Oc2ccccc2O)Oc2ccccc2O)C=C1. The van der Waals surface area contributed by atoms with Gasteiger partial charge in [-0.05, 0) is 54.5 Å². The minimum atomic E-state index is -1.53. The molecule has 0 atom stereocenters. The van der Waals surface area contributed by atoms with Crippen molar-refractivity contribution < 1.29 is 19.7 Å². The Morgan fingerprint density at radius 2 is 1.30 bits per heavy atom. The third kappa shape index (κ3) is 3.75. The van der Waals surface area contributed by atoms with Crippen molar-refractivity contribution in [3.8, 4) is 23.0 Å². The number of ether oxygens (including phenoxy) is 2. The van der Waals surface area contributed by atoms with E-state index >= 15 is 0 Å². The highest BCUT2D eigenvalue weighted by Crippen LogP contribution is 2.41. The summed E-state index contributed by atoms with van der Waals surface area (Å²) in [6.07, 6.45) is 11.3. The zero-order valence-corrected chi connectivity index (χ0v) is 16.2. The Balaban J connectivity index is 1.89. The van der Waals surface area contributed by atoms with Gasteiger partial charge in [0.15, 0.2) is 23.0 Å². The van der Waals surface area contributed by atoms with E-state index in [4.69, 9.17) is 20.9 Å². The van der Waals surface area contributed by atoms with Gasteiger partial charge in [-0.15, -0.1) is 0 Å². The maximum atomic E-state index is 10.3. The first kappa shape index (κ1) is 19.3. The molecule has 4 rings (SSSR count). The van der Waals surface area contributed by atoms with Crippen LogP contribution in [0.2, 0.25) is 0 Å². The van der Waals surface area contributed by atoms with Gasteiger partial charge in [0.2, 0.25) is 0 Å². The molecule has 2 aromatic rings. The summed E-state index contributed by atoms with van der Waals surface area (Å²) < 4.78 is 12.5. The average molecular weight is 402 g/mol. The standard InChI is InChI=1S/C24H22N2O4/c25-17-11-9-16(10-12-17)19-14-13-18(26)15-24(19,29-22-7-3-1-5-20(22)27)30-23-8-4-2-6-21(23)28/h1-9,11-15,27-28H,10,25-26H2. The number of hydrogen-bond acceptors (Lipinski definition) is 6. The molecule has 0 heterocycles. The molecule has 0 saturated carbocycles. The van der Waals surface area contributed by atoms with Crippen molar-refractivity contribution in [3.05, 3.63) is 108 Å². The fourth-order valence-electron chi connectivity index (χ4n) is 3.34. The lowest BCUT2D eigenvalue weighted by Crippen LogP contribution is -2.44. The van der Waals surface area contributed by atoms with Crippen LogP contribution in [0.15, 0.2) is 108 Å². The second-order valence-electron chi connectivity index (χ2n) is 6.97. The van der Waals surface area contributed by atoms with Crippen molar-refractivity contribution in [2.75, 3.05) is 0 Å². The first-order valence-corrected chi connectivity index (χ1v) is 9.44. The number of phenolic OH excluding ortho intramolecular Hbond substituents is 2. The fraction of sp³-hybridized carbons (Fsp3) is 0.0833. The molecular weight excluding hydrogens is 380 g/mol. The monoisotopic (exact) mass is 402 g/mol. The molecular formula is C24H22N2O4. The average Bonchev–Trinajstić information content (AvgIpc) is 2.73. The normalized spacial score (nSPS) is 19.7. The lowest BCUT2D eigenvalue weighted by Gasteiger charge is -2.36. The molecule has 2 aliphatic rings. The lowest BCUT2D eigenvalue weighted by atomic mass is 9.90.